The molecule has 0 fully saturated rings. The first-order valence-corrected chi connectivity index (χ1v) is 5.01. The van der Waals surface area contributed by atoms with Crippen LogP contribution in [0.2, 0.25) is 0 Å². The number of halogens is 2. The lowest BCUT2D eigenvalue weighted by Crippen LogP contribution is -1.90. The maximum Gasteiger partial charge on any atom is 0.124 e. The lowest BCUT2D eigenvalue weighted by molar-refractivity contribution is 0.627. The second-order valence-electron chi connectivity index (χ2n) is 2.88. The lowest BCUT2D eigenvalue weighted by Gasteiger charge is -1.99. The van der Waals surface area contributed by atoms with Gasteiger partial charge in [-0.05, 0) is 17.7 Å². The Morgan fingerprint density at radius 1 is 1.40 bits per heavy atom. The van der Waals surface area contributed by atoms with E-state index >= 15 is 0 Å². The standard InChI is InChI=1S/C12H9ClFN/c13-7-2-1-3-11-9-12(14)5-4-10(11)6-8-15/h4-5,9H,2,6-7H2. The summed E-state index contributed by atoms with van der Waals surface area (Å²) in [7, 11) is 0. The molecule has 0 bridgehead atoms. The van der Waals surface area contributed by atoms with E-state index in [0.29, 0.717) is 17.9 Å². The largest absolute Gasteiger partial charge is 0.207 e. The van der Waals surface area contributed by atoms with Crippen molar-refractivity contribution in [3.63, 3.8) is 0 Å². The van der Waals surface area contributed by atoms with Gasteiger partial charge in [0.15, 0.2) is 0 Å². The summed E-state index contributed by atoms with van der Waals surface area (Å²) in [6.45, 7) is 0. The van der Waals surface area contributed by atoms with Gasteiger partial charge < -0.3 is 0 Å². The van der Waals surface area contributed by atoms with Gasteiger partial charge in [0.2, 0.25) is 0 Å². The Morgan fingerprint density at radius 3 is 2.87 bits per heavy atom. The van der Waals surface area contributed by atoms with Gasteiger partial charge in [-0.25, -0.2) is 4.39 Å². The first-order chi connectivity index (χ1) is 7.27. The van der Waals surface area contributed by atoms with Crippen LogP contribution in [0.5, 0.6) is 0 Å². The third-order valence-electron chi connectivity index (χ3n) is 1.78. The molecule has 0 aromatic heterocycles. The zero-order valence-corrected chi connectivity index (χ0v) is 8.81. The van der Waals surface area contributed by atoms with E-state index in [-0.39, 0.29) is 12.2 Å². The summed E-state index contributed by atoms with van der Waals surface area (Å²) in [5.41, 5.74) is 1.32. The van der Waals surface area contributed by atoms with Crippen molar-refractivity contribution < 1.29 is 4.39 Å². The normalized spacial score (nSPS) is 8.87. The molecule has 0 unspecified atom stereocenters. The molecule has 0 saturated heterocycles. The van der Waals surface area contributed by atoms with Crippen LogP contribution in [0.3, 0.4) is 0 Å². The van der Waals surface area contributed by atoms with Gasteiger partial charge in [-0.1, -0.05) is 17.9 Å². The van der Waals surface area contributed by atoms with E-state index in [4.69, 9.17) is 16.9 Å². The highest BCUT2D eigenvalue weighted by Gasteiger charge is 2.00. The molecular formula is C12H9ClFN. The molecule has 0 saturated carbocycles. The predicted molar refractivity (Wildman–Crippen MR) is 57.9 cm³/mol. The number of hydrogen-bond acceptors (Lipinski definition) is 1. The van der Waals surface area contributed by atoms with E-state index in [1.165, 1.54) is 12.1 Å². The van der Waals surface area contributed by atoms with Crippen LogP contribution >= 0.6 is 11.6 Å². The van der Waals surface area contributed by atoms with E-state index in [9.17, 15) is 4.39 Å². The van der Waals surface area contributed by atoms with Crippen LogP contribution in [0, 0.1) is 29.0 Å². The summed E-state index contributed by atoms with van der Waals surface area (Å²) in [6.07, 6.45) is 0.801. The van der Waals surface area contributed by atoms with Crippen LogP contribution in [-0.2, 0) is 6.42 Å². The number of benzene rings is 1. The molecule has 0 heterocycles. The highest BCUT2D eigenvalue weighted by Crippen LogP contribution is 2.10. The van der Waals surface area contributed by atoms with Crippen molar-refractivity contribution in [2.24, 2.45) is 0 Å². The first-order valence-electron chi connectivity index (χ1n) is 4.48. The van der Waals surface area contributed by atoms with Crippen molar-refractivity contribution in [2.75, 3.05) is 5.88 Å². The molecule has 3 heteroatoms. The molecule has 0 aliphatic heterocycles. The van der Waals surface area contributed by atoms with E-state index in [0.717, 1.165) is 5.56 Å². The average molecular weight is 222 g/mol. The first kappa shape index (κ1) is 11.6. The molecular weight excluding hydrogens is 213 g/mol. The molecule has 1 rings (SSSR count). The van der Waals surface area contributed by atoms with Gasteiger partial charge in [0, 0.05) is 17.9 Å². The maximum absolute atomic E-state index is 12.9. The Kier molecular flexibility index (Phi) is 4.68. The van der Waals surface area contributed by atoms with Crippen LogP contribution in [-0.4, -0.2) is 5.88 Å². The van der Waals surface area contributed by atoms with Gasteiger partial charge in [-0.2, -0.15) is 5.26 Å². The predicted octanol–water partition coefficient (Wildman–Crippen LogP) is 2.87. The molecule has 76 valence electrons. The van der Waals surface area contributed by atoms with Crippen LogP contribution in [0.25, 0.3) is 0 Å². The summed E-state index contributed by atoms with van der Waals surface area (Å²) in [6, 6.07) is 6.28. The molecule has 0 aliphatic rings. The van der Waals surface area contributed by atoms with Crippen LogP contribution in [0.4, 0.5) is 4.39 Å². The molecule has 15 heavy (non-hydrogen) atoms. The molecule has 0 N–H and O–H groups in total. The van der Waals surface area contributed by atoms with Crippen molar-refractivity contribution in [3.05, 3.63) is 35.1 Å². The van der Waals surface area contributed by atoms with Gasteiger partial charge in [-0.15, -0.1) is 11.6 Å². The smallest absolute Gasteiger partial charge is 0.124 e. The van der Waals surface area contributed by atoms with E-state index in [1.54, 1.807) is 6.07 Å². The van der Waals surface area contributed by atoms with E-state index < -0.39 is 0 Å². The van der Waals surface area contributed by atoms with Crippen LogP contribution in [0.15, 0.2) is 18.2 Å². The van der Waals surface area contributed by atoms with Crippen molar-refractivity contribution in [2.45, 2.75) is 12.8 Å². The second-order valence-corrected chi connectivity index (χ2v) is 3.26. The fourth-order valence-electron chi connectivity index (χ4n) is 1.11. The monoisotopic (exact) mass is 221 g/mol. The Bertz CT molecular complexity index is 437. The number of nitriles is 1. The lowest BCUT2D eigenvalue weighted by atomic mass is 10.1. The van der Waals surface area contributed by atoms with E-state index in [1.807, 2.05) is 6.07 Å². The van der Waals surface area contributed by atoms with Crippen molar-refractivity contribution >= 4 is 11.6 Å². The maximum atomic E-state index is 12.9. The highest BCUT2D eigenvalue weighted by atomic mass is 35.5. The summed E-state index contributed by atoms with van der Waals surface area (Å²) >= 11 is 5.47. The van der Waals surface area contributed by atoms with Gasteiger partial charge in [-0.3, -0.25) is 0 Å². The Balaban J connectivity index is 2.99. The molecule has 0 spiro atoms. The fraction of sp³-hybridized carbons (Fsp3) is 0.250. The molecule has 0 atom stereocenters. The third-order valence-corrected chi connectivity index (χ3v) is 1.97. The molecule has 1 aromatic carbocycles. The number of rotatable bonds is 2. The van der Waals surface area contributed by atoms with Crippen molar-refractivity contribution in [1.82, 2.24) is 0 Å². The van der Waals surface area contributed by atoms with Gasteiger partial charge in [0.25, 0.3) is 0 Å². The molecule has 0 amide bonds. The average Bonchev–Trinajstić information content (AvgIpc) is 2.22. The summed E-state index contributed by atoms with van der Waals surface area (Å²) in [4.78, 5) is 0. The summed E-state index contributed by atoms with van der Waals surface area (Å²) in [5.74, 6) is 5.75. The SMILES string of the molecule is N#CCc1ccc(F)cc1C#CCCCl. The minimum absolute atomic E-state index is 0.241. The van der Waals surface area contributed by atoms with Crippen LogP contribution < -0.4 is 0 Å². The Morgan fingerprint density at radius 2 is 2.20 bits per heavy atom. The molecule has 1 nitrogen and oxygen atoms in total. The number of hydrogen-bond donors (Lipinski definition) is 0. The van der Waals surface area contributed by atoms with Crippen molar-refractivity contribution in [3.8, 4) is 17.9 Å². The molecule has 0 radical (unpaired) electrons. The van der Waals surface area contributed by atoms with Gasteiger partial charge >= 0.3 is 0 Å². The molecule has 1 aromatic rings. The summed E-state index contributed by atoms with van der Waals surface area (Å²) in [5, 5.41) is 8.57. The third kappa shape index (κ3) is 3.62. The molecule has 0 aliphatic carbocycles. The number of alkyl halides is 1. The number of nitrogens with zero attached hydrogens (tertiary/aromatic N) is 1. The quantitative estimate of drug-likeness (QED) is 0.557. The Labute approximate surface area is 93.5 Å². The minimum Gasteiger partial charge on any atom is -0.207 e. The zero-order valence-electron chi connectivity index (χ0n) is 8.06. The second kappa shape index (κ2) is 6.06. The zero-order chi connectivity index (χ0) is 11.1. The summed E-state index contributed by atoms with van der Waals surface area (Å²) < 4.78 is 12.9. The fourth-order valence-corrected chi connectivity index (χ4v) is 1.20. The van der Waals surface area contributed by atoms with Gasteiger partial charge in [0.1, 0.15) is 5.82 Å². The van der Waals surface area contributed by atoms with E-state index in [2.05, 4.69) is 11.8 Å². The van der Waals surface area contributed by atoms with Crippen molar-refractivity contribution in [1.29, 1.82) is 5.26 Å². The van der Waals surface area contributed by atoms with Gasteiger partial charge in [0.05, 0.1) is 12.5 Å². The Hall–Kier alpha value is -1.51. The highest BCUT2D eigenvalue weighted by molar-refractivity contribution is 6.18. The topological polar surface area (TPSA) is 23.8 Å². The minimum atomic E-state index is -0.341. The van der Waals surface area contributed by atoms with Crippen LogP contribution in [0.1, 0.15) is 17.5 Å².